The highest BCUT2D eigenvalue weighted by Crippen LogP contribution is 2.26. The van der Waals surface area contributed by atoms with E-state index in [-0.39, 0.29) is 0 Å². The summed E-state index contributed by atoms with van der Waals surface area (Å²) in [6.07, 6.45) is 0. The standard InChI is InChI=1S/C10H11ClF2/c1-10(6-12,7-13)8-2-4-9(11)5-3-8/h2-5H,6-7H2,1H3. The maximum atomic E-state index is 12.6. The van der Waals surface area contributed by atoms with Gasteiger partial charge < -0.3 is 0 Å². The molecule has 0 N–H and O–H groups in total. The smallest absolute Gasteiger partial charge is 0.101 e. The van der Waals surface area contributed by atoms with Gasteiger partial charge in [-0.2, -0.15) is 0 Å². The third-order valence-electron chi connectivity index (χ3n) is 2.13. The van der Waals surface area contributed by atoms with Crippen LogP contribution in [0.25, 0.3) is 0 Å². The van der Waals surface area contributed by atoms with Gasteiger partial charge in [0.25, 0.3) is 0 Å². The fourth-order valence-electron chi connectivity index (χ4n) is 1.04. The summed E-state index contributed by atoms with van der Waals surface area (Å²) < 4.78 is 25.1. The molecular weight excluding hydrogens is 194 g/mol. The molecule has 0 atom stereocenters. The summed E-state index contributed by atoms with van der Waals surface area (Å²) >= 11 is 5.66. The molecule has 72 valence electrons. The van der Waals surface area contributed by atoms with Crippen molar-refractivity contribution >= 4 is 11.6 Å². The monoisotopic (exact) mass is 204 g/mol. The third kappa shape index (κ3) is 2.19. The van der Waals surface area contributed by atoms with Gasteiger partial charge in [-0.25, -0.2) is 0 Å². The molecule has 1 rings (SSSR count). The normalized spacial score (nSPS) is 11.7. The Morgan fingerprint density at radius 2 is 1.62 bits per heavy atom. The van der Waals surface area contributed by atoms with Crippen LogP contribution >= 0.6 is 11.6 Å². The first-order valence-electron chi connectivity index (χ1n) is 4.00. The Labute approximate surface area is 81.5 Å². The maximum Gasteiger partial charge on any atom is 0.101 e. The number of hydrogen-bond acceptors (Lipinski definition) is 0. The molecule has 0 spiro atoms. The molecule has 0 aliphatic heterocycles. The summed E-state index contributed by atoms with van der Waals surface area (Å²) in [5.41, 5.74) is -0.383. The van der Waals surface area contributed by atoms with Gasteiger partial charge in [0.15, 0.2) is 0 Å². The Balaban J connectivity index is 2.99. The van der Waals surface area contributed by atoms with Crippen molar-refractivity contribution in [1.82, 2.24) is 0 Å². The average Bonchev–Trinajstić information content (AvgIpc) is 2.18. The number of halogens is 3. The molecule has 0 aliphatic carbocycles. The average molecular weight is 205 g/mol. The number of rotatable bonds is 3. The minimum absolute atomic E-state index is 0.573. The molecule has 0 heterocycles. The van der Waals surface area contributed by atoms with Crippen LogP contribution in [-0.4, -0.2) is 13.3 Å². The van der Waals surface area contributed by atoms with Gasteiger partial charge in [-0.15, -0.1) is 0 Å². The second kappa shape index (κ2) is 4.05. The topological polar surface area (TPSA) is 0 Å². The van der Waals surface area contributed by atoms with Gasteiger partial charge in [0.2, 0.25) is 0 Å². The van der Waals surface area contributed by atoms with Crippen LogP contribution in [0.4, 0.5) is 8.78 Å². The van der Waals surface area contributed by atoms with Crippen LogP contribution in [-0.2, 0) is 5.41 Å². The Kier molecular flexibility index (Phi) is 3.26. The SMILES string of the molecule is CC(CF)(CF)c1ccc(Cl)cc1. The number of benzene rings is 1. The van der Waals surface area contributed by atoms with E-state index in [0.717, 1.165) is 0 Å². The lowest BCUT2D eigenvalue weighted by Gasteiger charge is -2.22. The highest BCUT2D eigenvalue weighted by Gasteiger charge is 2.26. The summed E-state index contributed by atoms with van der Waals surface area (Å²) in [6.45, 7) is 0.145. The van der Waals surface area contributed by atoms with Crippen molar-refractivity contribution in [2.45, 2.75) is 12.3 Å². The summed E-state index contributed by atoms with van der Waals surface area (Å²) in [4.78, 5) is 0. The summed E-state index contributed by atoms with van der Waals surface area (Å²) in [7, 11) is 0. The van der Waals surface area contributed by atoms with Gasteiger partial charge in [-0.05, 0) is 17.7 Å². The molecular formula is C10H11ClF2. The molecule has 13 heavy (non-hydrogen) atoms. The number of hydrogen-bond donors (Lipinski definition) is 0. The van der Waals surface area contributed by atoms with Crippen LogP contribution in [0.1, 0.15) is 12.5 Å². The van der Waals surface area contributed by atoms with Crippen molar-refractivity contribution in [3.63, 3.8) is 0 Å². The first-order valence-corrected chi connectivity index (χ1v) is 4.38. The molecule has 0 saturated carbocycles. The summed E-state index contributed by atoms with van der Waals surface area (Å²) in [6, 6.07) is 6.59. The van der Waals surface area contributed by atoms with Crippen LogP contribution in [0.2, 0.25) is 5.02 Å². The Hall–Kier alpha value is -0.630. The van der Waals surface area contributed by atoms with E-state index in [9.17, 15) is 8.78 Å². The van der Waals surface area contributed by atoms with Crippen LogP contribution in [0.15, 0.2) is 24.3 Å². The quantitative estimate of drug-likeness (QED) is 0.707. The first kappa shape index (κ1) is 10.5. The van der Waals surface area contributed by atoms with E-state index in [4.69, 9.17) is 11.6 Å². The molecule has 0 aliphatic rings. The molecule has 0 fully saturated rings. The highest BCUT2D eigenvalue weighted by molar-refractivity contribution is 6.30. The molecule has 1 aromatic rings. The van der Waals surface area contributed by atoms with Gasteiger partial charge in [-0.3, -0.25) is 8.78 Å². The Bertz CT molecular complexity index is 265. The molecule has 0 amide bonds. The van der Waals surface area contributed by atoms with Crippen molar-refractivity contribution in [3.8, 4) is 0 Å². The van der Waals surface area contributed by atoms with Crippen molar-refractivity contribution in [3.05, 3.63) is 34.9 Å². The minimum Gasteiger partial charge on any atom is -0.250 e. The molecule has 0 radical (unpaired) electrons. The predicted molar refractivity (Wildman–Crippen MR) is 50.8 cm³/mol. The van der Waals surface area contributed by atoms with E-state index >= 15 is 0 Å². The van der Waals surface area contributed by atoms with Crippen molar-refractivity contribution in [2.75, 3.05) is 13.3 Å². The van der Waals surface area contributed by atoms with Crippen molar-refractivity contribution in [1.29, 1.82) is 0 Å². The summed E-state index contributed by atoms with van der Waals surface area (Å²) in [5.74, 6) is 0. The van der Waals surface area contributed by atoms with E-state index in [1.807, 2.05) is 0 Å². The molecule has 3 heteroatoms. The van der Waals surface area contributed by atoms with Gasteiger partial charge >= 0.3 is 0 Å². The van der Waals surface area contributed by atoms with Crippen LogP contribution in [0, 0.1) is 0 Å². The first-order chi connectivity index (χ1) is 6.12. The van der Waals surface area contributed by atoms with E-state index in [0.29, 0.717) is 10.6 Å². The molecule has 0 saturated heterocycles. The second-order valence-corrected chi connectivity index (χ2v) is 3.77. The van der Waals surface area contributed by atoms with E-state index in [1.165, 1.54) is 0 Å². The van der Waals surface area contributed by atoms with Gasteiger partial charge in [0.05, 0.1) is 0 Å². The lowest BCUT2D eigenvalue weighted by Crippen LogP contribution is -2.26. The molecule has 0 unspecified atom stereocenters. The fraction of sp³-hybridized carbons (Fsp3) is 0.400. The minimum atomic E-state index is -1.02. The van der Waals surface area contributed by atoms with E-state index in [2.05, 4.69) is 0 Å². The van der Waals surface area contributed by atoms with Crippen molar-refractivity contribution in [2.24, 2.45) is 0 Å². The van der Waals surface area contributed by atoms with Gasteiger partial charge in [-0.1, -0.05) is 30.7 Å². The number of alkyl halides is 2. The second-order valence-electron chi connectivity index (χ2n) is 3.33. The van der Waals surface area contributed by atoms with E-state index in [1.54, 1.807) is 31.2 Å². The van der Waals surface area contributed by atoms with Crippen molar-refractivity contribution < 1.29 is 8.78 Å². The van der Waals surface area contributed by atoms with Crippen LogP contribution < -0.4 is 0 Å². The zero-order valence-electron chi connectivity index (χ0n) is 7.36. The zero-order valence-corrected chi connectivity index (χ0v) is 8.11. The molecule has 0 nitrogen and oxygen atoms in total. The lowest BCUT2D eigenvalue weighted by atomic mass is 9.85. The largest absolute Gasteiger partial charge is 0.250 e. The zero-order chi connectivity index (χ0) is 9.90. The molecule has 0 aromatic heterocycles. The fourth-order valence-corrected chi connectivity index (χ4v) is 1.17. The highest BCUT2D eigenvalue weighted by atomic mass is 35.5. The Morgan fingerprint density at radius 1 is 1.15 bits per heavy atom. The van der Waals surface area contributed by atoms with Crippen LogP contribution in [0.3, 0.4) is 0 Å². The molecule has 0 bridgehead atoms. The third-order valence-corrected chi connectivity index (χ3v) is 2.38. The lowest BCUT2D eigenvalue weighted by molar-refractivity contribution is 0.258. The van der Waals surface area contributed by atoms with E-state index < -0.39 is 18.8 Å². The predicted octanol–water partition coefficient (Wildman–Crippen LogP) is 3.54. The summed E-state index contributed by atoms with van der Waals surface area (Å²) in [5, 5.41) is 0.573. The Morgan fingerprint density at radius 3 is 2.00 bits per heavy atom. The molecule has 1 aromatic carbocycles. The van der Waals surface area contributed by atoms with Crippen LogP contribution in [0.5, 0.6) is 0 Å². The maximum absolute atomic E-state index is 12.6. The van der Waals surface area contributed by atoms with Gasteiger partial charge in [0, 0.05) is 10.4 Å². The van der Waals surface area contributed by atoms with Gasteiger partial charge in [0.1, 0.15) is 13.3 Å².